The van der Waals surface area contributed by atoms with Crippen LogP contribution in [0.1, 0.15) is 6.42 Å². The van der Waals surface area contributed by atoms with Crippen molar-refractivity contribution in [2.24, 2.45) is 0 Å². The molecule has 8 nitrogen and oxygen atoms in total. The van der Waals surface area contributed by atoms with E-state index in [0.29, 0.717) is 23.7 Å². The second-order valence-electron chi connectivity index (χ2n) is 4.80. The Kier molecular flexibility index (Phi) is 1.84. The third kappa shape index (κ3) is 1.10. The minimum Gasteiger partial charge on any atom is -0.390 e. The fraction of sp³-hybridized carbons (Fsp3) is 0.600. The van der Waals surface area contributed by atoms with E-state index in [1.165, 1.54) is 6.33 Å². The van der Waals surface area contributed by atoms with Crippen molar-refractivity contribution in [2.75, 3.05) is 16.0 Å². The average molecular weight is 251 g/mol. The van der Waals surface area contributed by atoms with Crippen molar-refractivity contribution in [3.05, 3.63) is 6.33 Å². The van der Waals surface area contributed by atoms with Gasteiger partial charge < -0.3 is 30.9 Å². The van der Waals surface area contributed by atoms with Crippen LogP contribution in [0.3, 0.4) is 0 Å². The third-order valence-corrected chi connectivity index (χ3v) is 3.80. The first-order valence-corrected chi connectivity index (χ1v) is 5.84. The summed E-state index contributed by atoms with van der Waals surface area (Å²) in [4.78, 5) is 9.92. The molecule has 0 radical (unpaired) electrons. The lowest BCUT2D eigenvalue weighted by Crippen LogP contribution is -2.58. The minimum atomic E-state index is -0.840. The molecule has 0 unspecified atom stereocenters. The second-order valence-corrected chi connectivity index (χ2v) is 4.80. The number of nitrogens with two attached hydrogens (primary N) is 1. The minimum absolute atomic E-state index is 0.290. The number of nitrogens with one attached hydrogen (secondary N) is 1. The third-order valence-electron chi connectivity index (χ3n) is 3.80. The number of anilines is 3. The molecule has 18 heavy (non-hydrogen) atoms. The SMILES string of the molecule is Nc1ncnc2c1N[C@H]1[C@@H](O)[C@H]3O[C@H](C[C@@H]3O)N21. The zero-order chi connectivity index (χ0) is 12.4. The van der Waals surface area contributed by atoms with Gasteiger partial charge in [-0.3, -0.25) is 0 Å². The maximum atomic E-state index is 10.2. The molecule has 2 bridgehead atoms. The van der Waals surface area contributed by atoms with E-state index in [1.807, 2.05) is 4.90 Å². The first-order valence-electron chi connectivity index (χ1n) is 5.84. The number of ether oxygens (including phenoxy) is 1. The van der Waals surface area contributed by atoms with E-state index in [9.17, 15) is 10.2 Å². The molecule has 1 aromatic heterocycles. The van der Waals surface area contributed by atoms with E-state index in [-0.39, 0.29) is 12.4 Å². The molecule has 0 spiro atoms. The molecule has 3 aliphatic heterocycles. The summed E-state index contributed by atoms with van der Waals surface area (Å²) in [6.07, 6.45) is -0.897. The molecular weight excluding hydrogens is 238 g/mol. The first-order chi connectivity index (χ1) is 8.66. The fourth-order valence-corrected chi connectivity index (χ4v) is 2.97. The van der Waals surface area contributed by atoms with Crippen molar-refractivity contribution in [2.45, 2.75) is 37.1 Å². The molecule has 3 aliphatic rings. The van der Waals surface area contributed by atoms with Gasteiger partial charge in [0.05, 0.1) is 6.10 Å². The van der Waals surface area contributed by atoms with Gasteiger partial charge in [-0.2, -0.15) is 0 Å². The van der Waals surface area contributed by atoms with Gasteiger partial charge in [-0.15, -0.1) is 0 Å². The molecule has 0 saturated carbocycles. The quantitative estimate of drug-likeness (QED) is 0.438. The van der Waals surface area contributed by atoms with Crippen molar-refractivity contribution in [1.29, 1.82) is 0 Å². The summed E-state index contributed by atoms with van der Waals surface area (Å²) in [6, 6.07) is 0. The topological polar surface area (TPSA) is 117 Å². The largest absolute Gasteiger partial charge is 0.390 e. The summed E-state index contributed by atoms with van der Waals surface area (Å²) in [5.41, 5.74) is 6.40. The molecule has 2 saturated heterocycles. The summed E-state index contributed by atoms with van der Waals surface area (Å²) in [7, 11) is 0. The molecule has 0 aromatic carbocycles. The first kappa shape index (κ1) is 10.3. The van der Waals surface area contributed by atoms with Crippen LogP contribution < -0.4 is 16.0 Å². The Balaban J connectivity index is 1.82. The Morgan fingerprint density at radius 2 is 2.28 bits per heavy atom. The highest BCUT2D eigenvalue weighted by Crippen LogP contribution is 2.45. The Bertz CT molecular complexity index is 512. The van der Waals surface area contributed by atoms with E-state index in [2.05, 4.69) is 15.3 Å². The van der Waals surface area contributed by atoms with Gasteiger partial charge in [0.1, 0.15) is 36.6 Å². The Hall–Kier alpha value is -1.64. The van der Waals surface area contributed by atoms with E-state index in [1.54, 1.807) is 0 Å². The van der Waals surface area contributed by atoms with Gasteiger partial charge in [-0.05, 0) is 0 Å². The lowest BCUT2D eigenvalue weighted by molar-refractivity contribution is -0.1000. The van der Waals surface area contributed by atoms with Gasteiger partial charge >= 0.3 is 0 Å². The summed E-state index contributed by atoms with van der Waals surface area (Å²) in [5.74, 6) is 0.960. The molecule has 5 N–H and O–H groups in total. The highest BCUT2D eigenvalue weighted by molar-refractivity contribution is 5.81. The van der Waals surface area contributed by atoms with Crippen LogP contribution in [0.4, 0.5) is 17.3 Å². The number of hydrogen-bond donors (Lipinski definition) is 4. The Morgan fingerprint density at radius 3 is 3.11 bits per heavy atom. The predicted molar refractivity (Wildman–Crippen MR) is 61.6 cm³/mol. The molecule has 96 valence electrons. The fourth-order valence-electron chi connectivity index (χ4n) is 2.97. The molecule has 2 fully saturated rings. The van der Waals surface area contributed by atoms with Gasteiger partial charge in [0.2, 0.25) is 0 Å². The molecule has 5 atom stereocenters. The number of aromatic nitrogens is 2. The number of nitrogens with zero attached hydrogens (tertiary/aromatic N) is 3. The van der Waals surface area contributed by atoms with E-state index >= 15 is 0 Å². The van der Waals surface area contributed by atoms with Crippen molar-refractivity contribution >= 4 is 17.3 Å². The summed E-state index contributed by atoms with van der Waals surface area (Å²) in [6.45, 7) is 0. The van der Waals surface area contributed by atoms with Gasteiger partial charge in [0, 0.05) is 6.42 Å². The van der Waals surface area contributed by atoms with Crippen LogP contribution >= 0.6 is 0 Å². The summed E-state index contributed by atoms with van der Waals surface area (Å²) < 4.78 is 5.62. The molecular formula is C10H13N5O3. The number of nitrogen functional groups attached to an aromatic ring is 1. The summed E-state index contributed by atoms with van der Waals surface area (Å²) in [5, 5.41) is 23.2. The lowest BCUT2D eigenvalue weighted by Gasteiger charge is -2.39. The highest BCUT2D eigenvalue weighted by atomic mass is 16.6. The van der Waals surface area contributed by atoms with Gasteiger partial charge in [-0.25, -0.2) is 9.97 Å². The molecule has 8 heteroatoms. The van der Waals surface area contributed by atoms with Crippen molar-refractivity contribution in [3.8, 4) is 0 Å². The van der Waals surface area contributed by atoms with E-state index < -0.39 is 18.3 Å². The molecule has 4 rings (SSSR count). The van der Waals surface area contributed by atoms with Crippen molar-refractivity contribution in [1.82, 2.24) is 9.97 Å². The molecule has 0 aliphatic carbocycles. The van der Waals surface area contributed by atoms with Crippen molar-refractivity contribution in [3.63, 3.8) is 0 Å². The van der Waals surface area contributed by atoms with Crippen molar-refractivity contribution < 1.29 is 14.9 Å². The Morgan fingerprint density at radius 1 is 1.44 bits per heavy atom. The van der Waals surface area contributed by atoms with Crippen LogP contribution in [0, 0.1) is 0 Å². The molecule has 4 heterocycles. The monoisotopic (exact) mass is 251 g/mol. The lowest BCUT2D eigenvalue weighted by atomic mass is 10.1. The van der Waals surface area contributed by atoms with E-state index in [0.717, 1.165) is 0 Å². The standard InChI is InChI=1S/C10H13N5O3/c11-8-5-9(13-2-12-8)15-4-1-3(16)7(18-4)6(17)10(15)14-5/h2-4,6-7,10,14,16-17H,1H2,(H2,11,12,13)/t3-,4+,6-,7-,10+/m0/s1. The molecule has 0 amide bonds. The Labute approximate surface area is 102 Å². The maximum absolute atomic E-state index is 10.2. The predicted octanol–water partition coefficient (Wildman–Crippen LogP) is -1.53. The van der Waals surface area contributed by atoms with Gasteiger partial charge in [0.25, 0.3) is 0 Å². The van der Waals surface area contributed by atoms with Crippen LogP contribution in [0.5, 0.6) is 0 Å². The van der Waals surface area contributed by atoms with Crippen LogP contribution in [-0.2, 0) is 4.74 Å². The zero-order valence-corrected chi connectivity index (χ0v) is 9.39. The number of aliphatic hydroxyl groups excluding tert-OH is 2. The zero-order valence-electron chi connectivity index (χ0n) is 9.39. The number of fused-ring (bicyclic) bond motifs is 6. The van der Waals surface area contributed by atoms with Crippen LogP contribution in [0.2, 0.25) is 0 Å². The number of rotatable bonds is 0. The number of hydrogen-bond acceptors (Lipinski definition) is 8. The smallest absolute Gasteiger partial charge is 0.161 e. The van der Waals surface area contributed by atoms with Gasteiger partial charge in [-0.1, -0.05) is 0 Å². The second kappa shape index (κ2) is 3.22. The highest BCUT2D eigenvalue weighted by Gasteiger charge is 2.55. The maximum Gasteiger partial charge on any atom is 0.161 e. The summed E-state index contributed by atoms with van der Waals surface area (Å²) >= 11 is 0. The number of aliphatic hydroxyl groups is 2. The van der Waals surface area contributed by atoms with Crippen LogP contribution in [0.15, 0.2) is 6.33 Å². The molecule has 1 aromatic rings. The average Bonchev–Trinajstić information content (AvgIpc) is 2.88. The van der Waals surface area contributed by atoms with Gasteiger partial charge in [0.15, 0.2) is 11.6 Å². The van der Waals surface area contributed by atoms with Crippen LogP contribution in [0.25, 0.3) is 0 Å². The normalized spacial score (nSPS) is 40.3. The van der Waals surface area contributed by atoms with E-state index in [4.69, 9.17) is 10.5 Å². The van der Waals surface area contributed by atoms with Crippen LogP contribution in [-0.4, -0.2) is 50.9 Å².